The lowest BCUT2D eigenvalue weighted by Gasteiger charge is -1.99. The van der Waals surface area contributed by atoms with Crippen molar-refractivity contribution in [3.63, 3.8) is 0 Å². The van der Waals surface area contributed by atoms with Gasteiger partial charge in [0.1, 0.15) is 11.6 Å². The van der Waals surface area contributed by atoms with Crippen LogP contribution in [0.5, 0.6) is 0 Å². The van der Waals surface area contributed by atoms with Gasteiger partial charge in [-0.1, -0.05) is 15.9 Å². The minimum atomic E-state index is -0.677. The van der Waals surface area contributed by atoms with Crippen LogP contribution in [0.2, 0.25) is 0 Å². The predicted molar refractivity (Wildman–Crippen MR) is 60.3 cm³/mol. The molecule has 0 aliphatic carbocycles. The zero-order valence-electron chi connectivity index (χ0n) is 8.04. The van der Waals surface area contributed by atoms with Gasteiger partial charge >= 0.3 is 0 Å². The molecule has 0 fully saturated rings. The monoisotopic (exact) mass is 283 g/mol. The molecule has 1 heterocycles. The van der Waals surface area contributed by atoms with E-state index >= 15 is 0 Å². The van der Waals surface area contributed by atoms with Crippen molar-refractivity contribution < 1.29 is 13.6 Å². The minimum absolute atomic E-state index is 0.0114. The molecule has 1 aromatic carbocycles. The number of carbonyl (C=O) groups is 1. The Balaban J connectivity index is 2.46. The molecular formula is C11H7BrFNO2. The molecule has 0 aliphatic heterocycles. The lowest BCUT2D eigenvalue weighted by Crippen LogP contribution is -2.09. The zero-order chi connectivity index (χ0) is 11.7. The molecule has 0 bridgehead atoms. The normalized spacial score (nSPS) is 10.4. The lowest BCUT2D eigenvalue weighted by molar-refractivity contribution is 0.0974. The molecule has 0 radical (unpaired) electrons. The van der Waals surface area contributed by atoms with Crippen molar-refractivity contribution in [3.05, 3.63) is 46.4 Å². The van der Waals surface area contributed by atoms with Crippen LogP contribution in [0.4, 0.5) is 4.39 Å². The number of halogens is 2. The van der Waals surface area contributed by atoms with Crippen LogP contribution in [0.25, 0.3) is 11.3 Å². The summed E-state index contributed by atoms with van der Waals surface area (Å²) in [5.41, 5.74) is 5.32. The molecule has 1 aromatic heterocycles. The third-order valence-corrected chi connectivity index (χ3v) is 2.54. The molecule has 0 saturated carbocycles. The second-order valence-electron chi connectivity index (χ2n) is 3.15. The van der Waals surface area contributed by atoms with Crippen LogP contribution in [0.3, 0.4) is 0 Å². The van der Waals surface area contributed by atoms with Crippen molar-refractivity contribution in [3.8, 4) is 11.3 Å². The van der Waals surface area contributed by atoms with Gasteiger partial charge in [0.25, 0.3) is 5.91 Å². The van der Waals surface area contributed by atoms with Gasteiger partial charge in [-0.15, -0.1) is 0 Å². The molecule has 5 heteroatoms. The molecule has 82 valence electrons. The average Bonchev–Trinajstić information content (AvgIpc) is 2.66. The molecule has 2 aromatic rings. The number of amides is 1. The number of hydrogen-bond acceptors (Lipinski definition) is 2. The van der Waals surface area contributed by atoms with Gasteiger partial charge in [0.05, 0.1) is 5.56 Å². The second-order valence-corrected chi connectivity index (χ2v) is 4.07. The summed E-state index contributed by atoms with van der Waals surface area (Å²) < 4.78 is 19.3. The molecular weight excluding hydrogens is 277 g/mol. The Hall–Kier alpha value is -1.62. The SMILES string of the molecule is NC(=O)c1ccc(-c2ccc(Br)cc2F)o1. The van der Waals surface area contributed by atoms with Crippen molar-refractivity contribution in [2.24, 2.45) is 5.73 Å². The van der Waals surface area contributed by atoms with Crippen molar-refractivity contribution in [1.29, 1.82) is 0 Å². The molecule has 1 amide bonds. The first-order valence-corrected chi connectivity index (χ1v) is 5.22. The summed E-state index contributed by atoms with van der Waals surface area (Å²) in [6, 6.07) is 7.49. The van der Waals surface area contributed by atoms with Crippen molar-refractivity contribution in [2.45, 2.75) is 0 Å². The standard InChI is InChI=1S/C11H7BrFNO2/c12-6-1-2-7(8(13)5-6)9-3-4-10(16-9)11(14)15/h1-5H,(H2,14,15). The van der Waals surface area contributed by atoms with E-state index in [9.17, 15) is 9.18 Å². The fourth-order valence-corrected chi connectivity index (χ4v) is 1.64. The van der Waals surface area contributed by atoms with Gasteiger partial charge in [-0.05, 0) is 30.3 Å². The van der Waals surface area contributed by atoms with Crippen LogP contribution < -0.4 is 5.73 Å². The lowest BCUT2D eigenvalue weighted by atomic mass is 10.1. The van der Waals surface area contributed by atoms with E-state index in [4.69, 9.17) is 10.2 Å². The number of primary amides is 1. The summed E-state index contributed by atoms with van der Waals surface area (Å²) in [5, 5.41) is 0. The summed E-state index contributed by atoms with van der Waals surface area (Å²) >= 11 is 3.15. The molecule has 2 rings (SSSR count). The summed E-state index contributed by atoms with van der Waals surface area (Å²) in [6.07, 6.45) is 0. The first-order chi connectivity index (χ1) is 7.58. The summed E-state index contributed by atoms with van der Waals surface area (Å²) in [7, 11) is 0. The van der Waals surface area contributed by atoms with Crippen molar-refractivity contribution in [2.75, 3.05) is 0 Å². The van der Waals surface area contributed by atoms with E-state index in [1.54, 1.807) is 12.1 Å². The van der Waals surface area contributed by atoms with E-state index in [1.807, 2.05) is 0 Å². The van der Waals surface area contributed by atoms with E-state index < -0.39 is 11.7 Å². The number of furan rings is 1. The van der Waals surface area contributed by atoms with Gasteiger partial charge in [-0.3, -0.25) is 4.79 Å². The Labute approximate surface area is 99.2 Å². The minimum Gasteiger partial charge on any atom is -0.451 e. The maximum Gasteiger partial charge on any atom is 0.284 e. The summed E-state index contributed by atoms with van der Waals surface area (Å²) in [6.45, 7) is 0. The number of hydrogen-bond donors (Lipinski definition) is 1. The molecule has 0 spiro atoms. The Morgan fingerprint density at radius 1 is 1.31 bits per heavy atom. The topological polar surface area (TPSA) is 56.2 Å². The van der Waals surface area contributed by atoms with Crippen LogP contribution in [-0.2, 0) is 0 Å². The van der Waals surface area contributed by atoms with Gasteiger partial charge < -0.3 is 10.2 Å². The van der Waals surface area contributed by atoms with Crippen molar-refractivity contribution in [1.82, 2.24) is 0 Å². The third-order valence-electron chi connectivity index (χ3n) is 2.05. The van der Waals surface area contributed by atoms with Gasteiger partial charge in [-0.2, -0.15) is 0 Å². The highest BCUT2D eigenvalue weighted by molar-refractivity contribution is 9.10. The number of carbonyl (C=O) groups excluding carboxylic acids is 1. The van der Waals surface area contributed by atoms with Crippen LogP contribution in [-0.4, -0.2) is 5.91 Å². The molecule has 0 unspecified atom stereocenters. The molecule has 16 heavy (non-hydrogen) atoms. The maximum absolute atomic E-state index is 13.5. The van der Waals surface area contributed by atoms with Crippen LogP contribution >= 0.6 is 15.9 Å². The van der Waals surface area contributed by atoms with Gasteiger partial charge in [-0.25, -0.2) is 4.39 Å². The Kier molecular flexibility index (Phi) is 2.78. The zero-order valence-corrected chi connectivity index (χ0v) is 9.62. The first kappa shape index (κ1) is 10.9. The van der Waals surface area contributed by atoms with Gasteiger partial charge in [0, 0.05) is 4.47 Å². The molecule has 0 atom stereocenters. The highest BCUT2D eigenvalue weighted by Gasteiger charge is 2.12. The highest BCUT2D eigenvalue weighted by Crippen LogP contribution is 2.27. The number of nitrogens with two attached hydrogens (primary N) is 1. The quantitative estimate of drug-likeness (QED) is 0.921. The van der Waals surface area contributed by atoms with Gasteiger partial charge in [0.2, 0.25) is 0 Å². The molecule has 3 nitrogen and oxygen atoms in total. The molecule has 0 saturated heterocycles. The average molecular weight is 284 g/mol. The Bertz CT molecular complexity index is 551. The smallest absolute Gasteiger partial charge is 0.284 e. The summed E-state index contributed by atoms with van der Waals surface area (Å²) in [4.78, 5) is 10.8. The highest BCUT2D eigenvalue weighted by atomic mass is 79.9. The summed E-state index contributed by atoms with van der Waals surface area (Å²) in [5.74, 6) is -0.820. The third kappa shape index (κ3) is 1.99. The van der Waals surface area contributed by atoms with E-state index in [-0.39, 0.29) is 17.1 Å². The second kappa shape index (κ2) is 4.09. The van der Waals surface area contributed by atoms with E-state index in [1.165, 1.54) is 18.2 Å². The number of benzene rings is 1. The van der Waals surface area contributed by atoms with E-state index in [0.717, 1.165) is 0 Å². The predicted octanol–water partition coefficient (Wildman–Crippen LogP) is 2.95. The van der Waals surface area contributed by atoms with Crippen LogP contribution in [0.1, 0.15) is 10.6 Å². The van der Waals surface area contributed by atoms with Crippen LogP contribution in [0.15, 0.2) is 39.2 Å². The van der Waals surface area contributed by atoms with Crippen LogP contribution in [0, 0.1) is 5.82 Å². The molecule has 0 aliphatic rings. The fourth-order valence-electron chi connectivity index (χ4n) is 1.30. The van der Waals surface area contributed by atoms with E-state index in [0.29, 0.717) is 4.47 Å². The van der Waals surface area contributed by atoms with Crippen molar-refractivity contribution >= 4 is 21.8 Å². The maximum atomic E-state index is 13.5. The Morgan fingerprint density at radius 2 is 2.06 bits per heavy atom. The largest absolute Gasteiger partial charge is 0.451 e. The first-order valence-electron chi connectivity index (χ1n) is 4.43. The number of rotatable bonds is 2. The molecule has 2 N–H and O–H groups in total. The Morgan fingerprint density at radius 3 is 2.62 bits per heavy atom. The van der Waals surface area contributed by atoms with E-state index in [2.05, 4.69) is 15.9 Å². The fraction of sp³-hybridized carbons (Fsp3) is 0. The van der Waals surface area contributed by atoms with Gasteiger partial charge in [0.15, 0.2) is 5.76 Å².